The molecule has 19 heavy (non-hydrogen) atoms. The largest absolute Gasteiger partial charge is 0.478 e. The van der Waals surface area contributed by atoms with Crippen LogP contribution in [0, 0.1) is 5.92 Å². The highest BCUT2D eigenvalue weighted by atomic mass is 16.4. The summed E-state index contributed by atoms with van der Waals surface area (Å²) < 4.78 is 1.67. The van der Waals surface area contributed by atoms with E-state index in [0.717, 1.165) is 5.69 Å². The van der Waals surface area contributed by atoms with Gasteiger partial charge in [0.25, 0.3) is 0 Å². The molecule has 0 spiro atoms. The van der Waals surface area contributed by atoms with Gasteiger partial charge in [0.2, 0.25) is 0 Å². The minimum atomic E-state index is -0.895. The summed E-state index contributed by atoms with van der Waals surface area (Å²) >= 11 is 0. The van der Waals surface area contributed by atoms with E-state index in [1.165, 1.54) is 31.9 Å². The first kappa shape index (κ1) is 14.1. The molecule has 1 aliphatic rings. The fourth-order valence-electron chi connectivity index (χ4n) is 3.13. The summed E-state index contributed by atoms with van der Waals surface area (Å²) in [7, 11) is 3.89. The molecule has 5 nitrogen and oxygen atoms in total. The number of nitrogens with zero attached hydrogens (tertiary/aromatic N) is 3. The topological polar surface area (TPSA) is 58.4 Å². The lowest BCUT2D eigenvalue weighted by atomic mass is 9.85. The predicted molar refractivity (Wildman–Crippen MR) is 73.1 cm³/mol. The van der Waals surface area contributed by atoms with Crippen LogP contribution in [0.15, 0.2) is 6.20 Å². The molecule has 1 N–H and O–H groups in total. The van der Waals surface area contributed by atoms with Gasteiger partial charge in [-0.1, -0.05) is 19.8 Å². The van der Waals surface area contributed by atoms with Gasteiger partial charge in [-0.2, -0.15) is 5.10 Å². The zero-order valence-corrected chi connectivity index (χ0v) is 12.0. The molecule has 0 saturated heterocycles. The summed E-state index contributed by atoms with van der Waals surface area (Å²) in [5.74, 6) is -0.214. The average molecular weight is 265 g/mol. The van der Waals surface area contributed by atoms with Crippen LogP contribution in [-0.2, 0) is 13.6 Å². The zero-order valence-electron chi connectivity index (χ0n) is 12.0. The van der Waals surface area contributed by atoms with Crippen molar-refractivity contribution in [2.24, 2.45) is 13.0 Å². The molecule has 1 fully saturated rings. The van der Waals surface area contributed by atoms with E-state index in [1.807, 2.05) is 0 Å². The zero-order chi connectivity index (χ0) is 14.0. The third kappa shape index (κ3) is 2.97. The standard InChI is InChI=1S/C14H23N3O2/c1-10-6-4-5-7-12(10)16(2)9-13-11(14(18)19)8-15-17(13)3/h8,10,12H,4-7,9H2,1-3H3,(H,18,19). The summed E-state index contributed by atoms with van der Waals surface area (Å²) in [5, 5.41) is 13.2. The second-order valence-electron chi connectivity index (χ2n) is 5.68. The van der Waals surface area contributed by atoms with Gasteiger partial charge in [0.05, 0.1) is 11.9 Å². The Labute approximate surface area is 114 Å². The van der Waals surface area contributed by atoms with Crippen LogP contribution in [0.4, 0.5) is 0 Å². The lowest BCUT2D eigenvalue weighted by molar-refractivity contribution is 0.0692. The van der Waals surface area contributed by atoms with Crippen molar-refractivity contribution >= 4 is 5.97 Å². The molecule has 1 aliphatic carbocycles. The second-order valence-corrected chi connectivity index (χ2v) is 5.68. The lowest BCUT2D eigenvalue weighted by Crippen LogP contribution is -2.39. The predicted octanol–water partition coefficient (Wildman–Crippen LogP) is 2.13. The van der Waals surface area contributed by atoms with E-state index in [0.29, 0.717) is 24.1 Å². The number of carboxylic acid groups (broad SMARTS) is 1. The molecule has 1 heterocycles. The van der Waals surface area contributed by atoms with Crippen LogP contribution >= 0.6 is 0 Å². The van der Waals surface area contributed by atoms with Crippen LogP contribution in [0.2, 0.25) is 0 Å². The SMILES string of the molecule is CC1CCCCC1N(C)Cc1c(C(=O)O)cnn1C. The minimum Gasteiger partial charge on any atom is -0.478 e. The maximum atomic E-state index is 11.2. The highest BCUT2D eigenvalue weighted by Gasteiger charge is 2.26. The van der Waals surface area contributed by atoms with Crippen molar-refractivity contribution in [2.75, 3.05) is 7.05 Å². The number of carbonyl (C=O) groups is 1. The quantitative estimate of drug-likeness (QED) is 0.906. The summed E-state index contributed by atoms with van der Waals surface area (Å²) in [5.41, 5.74) is 1.10. The highest BCUT2D eigenvalue weighted by molar-refractivity contribution is 5.88. The van der Waals surface area contributed by atoms with Gasteiger partial charge in [0.1, 0.15) is 5.56 Å². The molecule has 106 valence electrons. The fraction of sp³-hybridized carbons (Fsp3) is 0.714. The van der Waals surface area contributed by atoms with Gasteiger partial charge in [-0.3, -0.25) is 9.58 Å². The molecule has 2 unspecified atom stereocenters. The normalized spacial score (nSPS) is 23.8. The van der Waals surface area contributed by atoms with Gasteiger partial charge < -0.3 is 5.11 Å². The van der Waals surface area contributed by atoms with Crippen molar-refractivity contribution < 1.29 is 9.90 Å². The minimum absolute atomic E-state index is 0.317. The number of aromatic nitrogens is 2. The molecule has 2 rings (SSSR count). The third-order valence-corrected chi connectivity index (χ3v) is 4.32. The highest BCUT2D eigenvalue weighted by Crippen LogP contribution is 2.28. The first-order valence-electron chi connectivity index (χ1n) is 6.95. The van der Waals surface area contributed by atoms with E-state index in [2.05, 4.69) is 24.0 Å². The summed E-state index contributed by atoms with van der Waals surface area (Å²) in [6.45, 7) is 2.94. The molecule has 1 aromatic rings. The number of carboxylic acids is 1. The Morgan fingerprint density at radius 2 is 2.21 bits per heavy atom. The van der Waals surface area contributed by atoms with Gasteiger partial charge in [-0.25, -0.2) is 4.79 Å². The molecule has 0 aromatic carbocycles. The smallest absolute Gasteiger partial charge is 0.339 e. The monoisotopic (exact) mass is 265 g/mol. The Morgan fingerprint density at radius 3 is 2.84 bits per heavy atom. The van der Waals surface area contributed by atoms with E-state index >= 15 is 0 Å². The molecule has 1 saturated carbocycles. The second kappa shape index (κ2) is 5.74. The van der Waals surface area contributed by atoms with E-state index in [4.69, 9.17) is 0 Å². The molecule has 0 amide bonds. The van der Waals surface area contributed by atoms with Gasteiger partial charge in [-0.05, 0) is 25.8 Å². The Balaban J connectivity index is 2.12. The molecule has 5 heteroatoms. The molecule has 2 atom stereocenters. The van der Waals surface area contributed by atoms with Crippen LogP contribution in [-0.4, -0.2) is 38.8 Å². The number of rotatable bonds is 4. The maximum Gasteiger partial charge on any atom is 0.339 e. The maximum absolute atomic E-state index is 11.2. The number of aromatic carboxylic acids is 1. The Morgan fingerprint density at radius 1 is 1.53 bits per heavy atom. The van der Waals surface area contributed by atoms with Crippen molar-refractivity contribution in [1.82, 2.24) is 14.7 Å². The summed E-state index contributed by atoms with van der Waals surface area (Å²) in [6, 6.07) is 0.547. The van der Waals surface area contributed by atoms with E-state index in [-0.39, 0.29) is 0 Å². The van der Waals surface area contributed by atoms with Crippen LogP contribution < -0.4 is 0 Å². The van der Waals surface area contributed by atoms with Crippen molar-refractivity contribution in [2.45, 2.75) is 45.2 Å². The van der Waals surface area contributed by atoms with Crippen molar-refractivity contribution in [1.29, 1.82) is 0 Å². The van der Waals surface area contributed by atoms with Gasteiger partial charge in [-0.15, -0.1) is 0 Å². The van der Waals surface area contributed by atoms with Crippen molar-refractivity contribution in [3.8, 4) is 0 Å². The summed E-state index contributed by atoms with van der Waals surface area (Å²) in [6.07, 6.45) is 6.51. The lowest BCUT2D eigenvalue weighted by Gasteiger charge is -2.36. The first-order chi connectivity index (χ1) is 9.00. The molecular formula is C14H23N3O2. The Bertz CT molecular complexity index is 456. The average Bonchev–Trinajstić information content (AvgIpc) is 2.71. The Kier molecular flexibility index (Phi) is 4.24. The van der Waals surface area contributed by atoms with Crippen LogP contribution in [0.25, 0.3) is 0 Å². The molecule has 0 aliphatic heterocycles. The first-order valence-corrected chi connectivity index (χ1v) is 6.95. The number of hydrogen-bond donors (Lipinski definition) is 1. The fourth-order valence-corrected chi connectivity index (χ4v) is 3.13. The molecule has 0 bridgehead atoms. The van der Waals surface area contributed by atoms with Gasteiger partial charge in [0, 0.05) is 19.6 Å². The van der Waals surface area contributed by atoms with E-state index < -0.39 is 5.97 Å². The molecule has 1 aromatic heterocycles. The number of aryl methyl sites for hydroxylation is 1. The summed E-state index contributed by atoms with van der Waals surface area (Å²) in [4.78, 5) is 13.5. The van der Waals surface area contributed by atoms with Gasteiger partial charge >= 0.3 is 5.97 Å². The van der Waals surface area contributed by atoms with Crippen LogP contribution in [0.5, 0.6) is 0 Å². The van der Waals surface area contributed by atoms with Crippen molar-refractivity contribution in [3.05, 3.63) is 17.5 Å². The van der Waals surface area contributed by atoms with E-state index in [9.17, 15) is 9.90 Å². The number of hydrogen-bond acceptors (Lipinski definition) is 3. The third-order valence-electron chi connectivity index (χ3n) is 4.32. The van der Waals surface area contributed by atoms with Crippen molar-refractivity contribution in [3.63, 3.8) is 0 Å². The van der Waals surface area contributed by atoms with Gasteiger partial charge in [0.15, 0.2) is 0 Å². The molecule has 0 radical (unpaired) electrons. The Hall–Kier alpha value is -1.36. The van der Waals surface area contributed by atoms with E-state index in [1.54, 1.807) is 11.7 Å². The van der Waals surface area contributed by atoms with Crippen LogP contribution in [0.1, 0.15) is 48.7 Å². The molecular weight excluding hydrogens is 242 g/mol. The van der Waals surface area contributed by atoms with Crippen LogP contribution in [0.3, 0.4) is 0 Å².